The van der Waals surface area contributed by atoms with Crippen molar-refractivity contribution in [3.8, 4) is 11.1 Å². The maximum absolute atomic E-state index is 15.7. The summed E-state index contributed by atoms with van der Waals surface area (Å²) in [7, 11) is -3.63. The molecule has 5 rings (SSSR count). The number of aliphatic hydroxyl groups is 1. The Morgan fingerprint density at radius 3 is 2.46 bits per heavy atom. The van der Waals surface area contributed by atoms with Gasteiger partial charge in [-0.25, -0.2) is 21.9 Å². The number of nitrogens with one attached hydrogen (secondary N) is 1. The van der Waals surface area contributed by atoms with E-state index in [9.17, 15) is 22.7 Å². The number of carbonyl (C=O) groups excluding carboxylic acids is 1. The van der Waals surface area contributed by atoms with Crippen molar-refractivity contribution in [2.75, 3.05) is 12.8 Å². The van der Waals surface area contributed by atoms with Gasteiger partial charge >= 0.3 is 0 Å². The minimum atomic E-state index is -3.63. The third-order valence-electron chi connectivity index (χ3n) is 7.92. The van der Waals surface area contributed by atoms with Gasteiger partial charge in [0.05, 0.1) is 12.3 Å². The second-order valence-corrected chi connectivity index (χ2v) is 12.2. The molecule has 1 heterocycles. The Balaban J connectivity index is 1.52. The van der Waals surface area contributed by atoms with Crippen LogP contribution in [0.3, 0.4) is 0 Å². The van der Waals surface area contributed by atoms with Crippen LogP contribution in [-0.2, 0) is 21.2 Å². The molecule has 1 aliphatic heterocycles. The van der Waals surface area contributed by atoms with Gasteiger partial charge in [0.15, 0.2) is 0 Å². The Morgan fingerprint density at radius 1 is 1.20 bits per heavy atom. The summed E-state index contributed by atoms with van der Waals surface area (Å²) in [6.45, 7) is 0.288. The lowest BCUT2D eigenvalue weighted by molar-refractivity contribution is -0.146. The molecule has 0 bridgehead atoms. The third-order valence-corrected chi connectivity index (χ3v) is 8.60. The van der Waals surface area contributed by atoms with Crippen LogP contribution in [0.25, 0.3) is 11.1 Å². The smallest absolute Gasteiger partial charge is 0.252 e. The van der Waals surface area contributed by atoms with Crippen molar-refractivity contribution in [1.29, 1.82) is 0 Å². The van der Waals surface area contributed by atoms with Crippen molar-refractivity contribution < 1.29 is 27.1 Å². The minimum Gasteiger partial charge on any atom is -0.383 e. The number of hydrogen-bond acceptors (Lipinski definition) is 4. The van der Waals surface area contributed by atoms with E-state index < -0.39 is 51.2 Å². The number of benzene rings is 2. The molecule has 2 saturated carbocycles. The number of rotatable bonds is 7. The highest BCUT2D eigenvalue weighted by Gasteiger charge is 2.61. The van der Waals surface area contributed by atoms with Gasteiger partial charge in [-0.1, -0.05) is 36.8 Å². The van der Waals surface area contributed by atoms with E-state index in [1.165, 1.54) is 4.90 Å². The lowest BCUT2D eigenvalue weighted by Crippen LogP contribution is -2.52. The fourth-order valence-electron chi connectivity index (χ4n) is 5.65. The Bertz CT molecular complexity index is 1230. The van der Waals surface area contributed by atoms with Crippen LogP contribution in [0, 0.1) is 23.0 Å². The van der Waals surface area contributed by atoms with Crippen molar-refractivity contribution in [2.24, 2.45) is 11.3 Å². The summed E-state index contributed by atoms with van der Waals surface area (Å²) < 4.78 is 57.5. The first-order chi connectivity index (χ1) is 16.6. The van der Waals surface area contributed by atoms with Crippen molar-refractivity contribution in [3.05, 3.63) is 59.7 Å². The van der Waals surface area contributed by atoms with E-state index in [4.69, 9.17) is 0 Å². The van der Waals surface area contributed by atoms with Crippen molar-refractivity contribution in [3.63, 3.8) is 0 Å². The van der Waals surface area contributed by atoms with Gasteiger partial charge in [0.25, 0.3) is 5.91 Å². The molecule has 2 aromatic carbocycles. The molecule has 1 amide bonds. The highest BCUT2D eigenvalue weighted by atomic mass is 32.2. The number of halogens is 2. The number of likely N-dealkylation sites (tertiary alicyclic amines) is 1. The van der Waals surface area contributed by atoms with Crippen LogP contribution in [0.5, 0.6) is 0 Å². The Kier molecular flexibility index (Phi) is 6.22. The summed E-state index contributed by atoms with van der Waals surface area (Å²) >= 11 is 0. The van der Waals surface area contributed by atoms with Crippen molar-refractivity contribution >= 4 is 15.9 Å². The molecule has 3 fully saturated rings. The highest BCUT2D eigenvalue weighted by molar-refractivity contribution is 7.88. The molecule has 2 aromatic rings. The van der Waals surface area contributed by atoms with E-state index >= 15 is 4.39 Å². The van der Waals surface area contributed by atoms with E-state index in [2.05, 4.69) is 4.72 Å². The van der Waals surface area contributed by atoms with Crippen LogP contribution in [0.2, 0.25) is 0 Å². The Labute approximate surface area is 204 Å². The van der Waals surface area contributed by atoms with E-state index in [0.717, 1.165) is 50.5 Å². The Morgan fingerprint density at radius 2 is 1.89 bits per heavy atom. The van der Waals surface area contributed by atoms with Gasteiger partial charge in [-0.2, -0.15) is 0 Å². The summed E-state index contributed by atoms with van der Waals surface area (Å²) in [5, 5.41) is 10.7. The lowest BCUT2D eigenvalue weighted by atomic mass is 9.80. The molecule has 2 aliphatic carbocycles. The molecule has 0 unspecified atom stereocenters. The summed E-state index contributed by atoms with van der Waals surface area (Å²) in [6.07, 6.45) is 3.75. The van der Waals surface area contributed by atoms with Crippen LogP contribution >= 0.6 is 0 Å². The van der Waals surface area contributed by atoms with Crippen LogP contribution in [0.1, 0.15) is 37.7 Å². The largest absolute Gasteiger partial charge is 0.383 e. The normalized spacial score (nSPS) is 24.4. The molecule has 9 heteroatoms. The van der Waals surface area contributed by atoms with Gasteiger partial charge in [-0.05, 0) is 61.3 Å². The summed E-state index contributed by atoms with van der Waals surface area (Å²) in [6, 6.07) is 9.51. The fourth-order valence-corrected chi connectivity index (χ4v) is 6.52. The number of aliphatic hydroxyl groups excluding tert-OH is 1. The zero-order valence-corrected chi connectivity index (χ0v) is 20.4. The minimum absolute atomic E-state index is 0.0680. The molecule has 3 atom stereocenters. The average molecular weight is 505 g/mol. The molecule has 3 aliphatic rings. The second-order valence-electron chi connectivity index (χ2n) is 10.4. The maximum atomic E-state index is 15.7. The van der Waals surface area contributed by atoms with Gasteiger partial charge in [0, 0.05) is 23.6 Å². The van der Waals surface area contributed by atoms with Crippen molar-refractivity contribution in [1.82, 2.24) is 9.62 Å². The molecule has 35 heavy (non-hydrogen) atoms. The number of sulfonamides is 1. The molecule has 0 radical (unpaired) electrons. The summed E-state index contributed by atoms with van der Waals surface area (Å²) in [4.78, 5) is 14.9. The lowest BCUT2D eigenvalue weighted by Gasteiger charge is -2.35. The number of carbonyl (C=O) groups is 1. The van der Waals surface area contributed by atoms with Gasteiger partial charge in [0.1, 0.15) is 17.7 Å². The number of amides is 1. The first-order valence-electron chi connectivity index (χ1n) is 12.1. The average Bonchev–Trinajstić information content (AvgIpc) is 3.49. The molecular weight excluding hydrogens is 474 g/mol. The van der Waals surface area contributed by atoms with Crippen LogP contribution in [0.4, 0.5) is 8.78 Å². The predicted molar refractivity (Wildman–Crippen MR) is 128 cm³/mol. The molecular formula is C26H30F2N2O4S. The summed E-state index contributed by atoms with van der Waals surface area (Å²) in [5.74, 6) is -1.78. The quantitative estimate of drug-likeness (QED) is 0.606. The van der Waals surface area contributed by atoms with E-state index in [1.807, 2.05) is 0 Å². The van der Waals surface area contributed by atoms with Gasteiger partial charge in [-0.3, -0.25) is 4.79 Å². The maximum Gasteiger partial charge on any atom is 0.252 e. The molecule has 0 aromatic heterocycles. The van der Waals surface area contributed by atoms with Crippen molar-refractivity contribution in [2.45, 2.75) is 56.7 Å². The van der Waals surface area contributed by atoms with Crippen LogP contribution in [-0.4, -0.2) is 55.3 Å². The monoisotopic (exact) mass is 504 g/mol. The zero-order valence-electron chi connectivity index (χ0n) is 19.6. The topological polar surface area (TPSA) is 86.7 Å². The number of nitrogens with zero attached hydrogens (tertiary/aromatic N) is 1. The van der Waals surface area contributed by atoms with Gasteiger partial charge in [-0.15, -0.1) is 0 Å². The third kappa shape index (κ3) is 4.73. The molecule has 6 nitrogen and oxygen atoms in total. The van der Waals surface area contributed by atoms with Crippen LogP contribution < -0.4 is 4.72 Å². The van der Waals surface area contributed by atoms with Gasteiger partial charge in [0.2, 0.25) is 10.0 Å². The molecule has 2 N–H and O–H groups in total. The van der Waals surface area contributed by atoms with E-state index in [1.54, 1.807) is 30.3 Å². The van der Waals surface area contributed by atoms with Gasteiger partial charge < -0.3 is 10.0 Å². The fraction of sp³-hybridized carbons (Fsp3) is 0.500. The van der Waals surface area contributed by atoms with E-state index in [-0.39, 0.29) is 30.0 Å². The molecule has 1 saturated heterocycles. The molecule has 188 valence electrons. The molecule has 1 spiro atoms. The first-order valence-corrected chi connectivity index (χ1v) is 14.0. The summed E-state index contributed by atoms with van der Waals surface area (Å²) in [5.41, 5.74) is 0.256. The predicted octanol–water partition coefficient (Wildman–Crippen LogP) is 3.24. The van der Waals surface area contributed by atoms with E-state index in [0.29, 0.717) is 5.56 Å². The second kappa shape index (κ2) is 8.94. The zero-order chi connectivity index (χ0) is 25.0. The Hall–Kier alpha value is -2.36. The number of hydrogen-bond donors (Lipinski definition) is 2. The SMILES string of the molecule is CS(=O)(=O)N[C@@H]1[C@H](Cc2cc(F)cc(-c3ccccc3)c2F)N(C(=O)[C@@H](O)C2CCC2)CC12CC2. The standard InChI is InChI=1S/C26H30F2N2O4S/c1-35(33,34)29-24-21(30(15-26(24)10-11-26)25(32)23(31)17-8-5-9-17)13-18-12-19(27)14-20(22(18)28)16-6-3-2-4-7-16/h2-4,6-7,12,14,17,21,23-24,29,31H,5,8-11,13,15H2,1H3/t21-,23-,24+/m0/s1. The highest BCUT2D eigenvalue weighted by Crippen LogP contribution is 2.56. The first kappa shape index (κ1) is 24.3. The van der Waals surface area contributed by atoms with Crippen LogP contribution in [0.15, 0.2) is 42.5 Å².